The van der Waals surface area contributed by atoms with E-state index in [1.54, 1.807) is 11.8 Å². The van der Waals surface area contributed by atoms with Crippen LogP contribution in [0.1, 0.15) is 27.5 Å². The van der Waals surface area contributed by atoms with E-state index in [0.717, 1.165) is 15.0 Å². The average Bonchev–Trinajstić information content (AvgIpc) is 3.20. The molecule has 1 atom stereocenters. The van der Waals surface area contributed by atoms with Gasteiger partial charge in [0.25, 0.3) is 5.91 Å². The Labute approximate surface area is 136 Å². The van der Waals surface area contributed by atoms with Crippen LogP contribution in [0.15, 0.2) is 34.9 Å². The lowest BCUT2D eigenvalue weighted by atomic mass is 10.2. The molecule has 4 rings (SSSR count). The molecule has 1 aliphatic rings. The Balaban J connectivity index is 1.55. The monoisotopic (exact) mass is 329 g/mol. The molecule has 0 N–H and O–H groups in total. The lowest BCUT2D eigenvalue weighted by Crippen LogP contribution is -2.42. The number of hydrogen-bond donors (Lipinski definition) is 0. The fraction of sp³-hybridized carbons (Fsp3) is 0.312. The van der Waals surface area contributed by atoms with E-state index >= 15 is 0 Å². The van der Waals surface area contributed by atoms with E-state index in [0.29, 0.717) is 31.4 Å². The molecular formula is C16H15N3O3S. The second kappa shape index (κ2) is 5.75. The number of ether oxygens (including phenoxy) is 1. The molecule has 7 heteroatoms. The van der Waals surface area contributed by atoms with E-state index in [2.05, 4.69) is 10.1 Å². The van der Waals surface area contributed by atoms with Gasteiger partial charge in [-0.15, -0.1) is 11.3 Å². The standard InChI is InChI=1S/C16H15N3O3S/c1-10-17-15(18-22-10)12-9-19(6-7-21-12)16(20)14-8-11-4-2-3-5-13(11)23-14/h2-5,8,12H,6-7,9H2,1H3/t12-/m0/s1. The van der Waals surface area contributed by atoms with Crippen molar-refractivity contribution in [2.24, 2.45) is 0 Å². The minimum Gasteiger partial charge on any atom is -0.366 e. The van der Waals surface area contributed by atoms with Gasteiger partial charge in [-0.2, -0.15) is 4.98 Å². The lowest BCUT2D eigenvalue weighted by molar-refractivity contribution is -0.0274. The SMILES string of the molecule is Cc1nc([C@@H]2CN(C(=O)c3cc4ccccc4s3)CCO2)no1. The highest BCUT2D eigenvalue weighted by Crippen LogP contribution is 2.28. The van der Waals surface area contributed by atoms with Crippen LogP contribution in [0.5, 0.6) is 0 Å². The van der Waals surface area contributed by atoms with E-state index in [1.807, 2.05) is 30.3 Å². The molecule has 0 aliphatic carbocycles. The van der Waals surface area contributed by atoms with Crippen molar-refractivity contribution in [1.29, 1.82) is 0 Å². The molecule has 6 nitrogen and oxygen atoms in total. The minimum atomic E-state index is -0.334. The molecule has 3 aromatic rings. The maximum absolute atomic E-state index is 12.8. The van der Waals surface area contributed by atoms with Crippen molar-refractivity contribution in [1.82, 2.24) is 15.0 Å². The zero-order chi connectivity index (χ0) is 15.8. The fourth-order valence-electron chi connectivity index (χ4n) is 2.68. The Hall–Kier alpha value is -2.25. The highest BCUT2D eigenvalue weighted by Gasteiger charge is 2.29. The maximum atomic E-state index is 12.8. The number of aryl methyl sites for hydroxylation is 1. The summed E-state index contributed by atoms with van der Waals surface area (Å²) in [7, 11) is 0. The van der Waals surface area contributed by atoms with Crippen molar-refractivity contribution < 1.29 is 14.1 Å². The van der Waals surface area contributed by atoms with E-state index in [-0.39, 0.29) is 12.0 Å². The van der Waals surface area contributed by atoms with E-state index in [9.17, 15) is 4.79 Å². The van der Waals surface area contributed by atoms with Crippen molar-refractivity contribution in [2.75, 3.05) is 19.7 Å². The molecule has 1 aromatic carbocycles. The van der Waals surface area contributed by atoms with Crippen molar-refractivity contribution in [3.05, 3.63) is 46.9 Å². The van der Waals surface area contributed by atoms with Crippen LogP contribution in [-0.4, -0.2) is 40.6 Å². The number of hydrogen-bond acceptors (Lipinski definition) is 6. The van der Waals surface area contributed by atoms with Gasteiger partial charge in [0.2, 0.25) is 11.7 Å². The molecule has 0 unspecified atom stereocenters. The first-order valence-corrected chi connectivity index (χ1v) is 8.22. The quantitative estimate of drug-likeness (QED) is 0.723. The van der Waals surface area contributed by atoms with Gasteiger partial charge in [-0.25, -0.2) is 0 Å². The molecule has 118 valence electrons. The highest BCUT2D eigenvalue weighted by atomic mass is 32.1. The highest BCUT2D eigenvalue weighted by molar-refractivity contribution is 7.20. The summed E-state index contributed by atoms with van der Waals surface area (Å²) in [5.74, 6) is 1.02. The molecule has 1 aliphatic heterocycles. The van der Waals surface area contributed by atoms with Gasteiger partial charge in [-0.3, -0.25) is 4.79 Å². The number of aromatic nitrogens is 2. The molecule has 0 bridgehead atoms. The summed E-state index contributed by atoms with van der Waals surface area (Å²) in [6.07, 6.45) is -0.334. The Morgan fingerprint density at radius 2 is 2.26 bits per heavy atom. The zero-order valence-electron chi connectivity index (χ0n) is 12.6. The summed E-state index contributed by atoms with van der Waals surface area (Å²) in [6.45, 7) is 3.21. The predicted octanol–water partition coefficient (Wildman–Crippen LogP) is 2.81. The van der Waals surface area contributed by atoms with Crippen LogP contribution >= 0.6 is 11.3 Å². The maximum Gasteiger partial charge on any atom is 0.264 e. The Bertz CT molecular complexity index is 824. The molecule has 0 saturated carbocycles. The van der Waals surface area contributed by atoms with Gasteiger partial charge in [0.05, 0.1) is 18.0 Å². The summed E-state index contributed by atoms with van der Waals surface area (Å²) < 4.78 is 11.8. The van der Waals surface area contributed by atoms with Crippen molar-refractivity contribution in [3.63, 3.8) is 0 Å². The number of thiophene rings is 1. The summed E-state index contributed by atoms with van der Waals surface area (Å²) in [6, 6.07) is 9.96. The van der Waals surface area contributed by atoms with E-state index < -0.39 is 0 Å². The predicted molar refractivity (Wildman–Crippen MR) is 85.5 cm³/mol. The number of carbonyl (C=O) groups is 1. The third-order valence-corrected chi connectivity index (χ3v) is 4.93. The van der Waals surface area contributed by atoms with Crippen LogP contribution in [0.2, 0.25) is 0 Å². The summed E-state index contributed by atoms with van der Waals surface area (Å²) in [4.78, 5) is 19.5. The third kappa shape index (κ3) is 2.73. The van der Waals surface area contributed by atoms with E-state index in [1.165, 1.54) is 11.3 Å². The van der Waals surface area contributed by atoms with Crippen LogP contribution < -0.4 is 0 Å². The summed E-state index contributed by atoms with van der Waals surface area (Å²) in [5.41, 5.74) is 0. The van der Waals surface area contributed by atoms with Gasteiger partial charge in [0.1, 0.15) is 6.10 Å². The molecule has 1 amide bonds. The van der Waals surface area contributed by atoms with E-state index in [4.69, 9.17) is 9.26 Å². The number of benzene rings is 1. The molecule has 1 saturated heterocycles. The summed E-state index contributed by atoms with van der Waals surface area (Å²) >= 11 is 1.52. The largest absolute Gasteiger partial charge is 0.366 e. The molecule has 23 heavy (non-hydrogen) atoms. The van der Waals surface area contributed by atoms with Crippen LogP contribution in [0.3, 0.4) is 0 Å². The van der Waals surface area contributed by atoms with Gasteiger partial charge in [0.15, 0.2) is 0 Å². The zero-order valence-corrected chi connectivity index (χ0v) is 13.4. The van der Waals surface area contributed by atoms with Crippen LogP contribution in [0.4, 0.5) is 0 Å². The molecular weight excluding hydrogens is 314 g/mol. The number of morpholine rings is 1. The molecule has 0 radical (unpaired) electrons. The second-order valence-corrected chi connectivity index (χ2v) is 6.51. The molecule has 0 spiro atoms. The van der Waals surface area contributed by atoms with Gasteiger partial charge < -0.3 is 14.2 Å². The molecule has 1 fully saturated rings. The van der Waals surface area contributed by atoms with Gasteiger partial charge >= 0.3 is 0 Å². The number of amides is 1. The number of fused-ring (bicyclic) bond motifs is 1. The fourth-order valence-corrected chi connectivity index (χ4v) is 3.71. The van der Waals surface area contributed by atoms with Crippen LogP contribution in [0.25, 0.3) is 10.1 Å². The first-order chi connectivity index (χ1) is 11.2. The first kappa shape index (κ1) is 14.3. The number of carbonyl (C=O) groups excluding carboxylic acids is 1. The molecule has 2 aromatic heterocycles. The Morgan fingerprint density at radius 3 is 3.04 bits per heavy atom. The smallest absolute Gasteiger partial charge is 0.264 e. The average molecular weight is 329 g/mol. The minimum absolute atomic E-state index is 0.0275. The topological polar surface area (TPSA) is 68.5 Å². The Morgan fingerprint density at radius 1 is 1.39 bits per heavy atom. The number of nitrogens with zero attached hydrogens (tertiary/aromatic N) is 3. The number of rotatable bonds is 2. The van der Waals surface area contributed by atoms with Crippen LogP contribution in [-0.2, 0) is 4.74 Å². The van der Waals surface area contributed by atoms with Crippen molar-refractivity contribution in [2.45, 2.75) is 13.0 Å². The third-order valence-electron chi connectivity index (χ3n) is 3.82. The van der Waals surface area contributed by atoms with Crippen molar-refractivity contribution >= 4 is 27.3 Å². The van der Waals surface area contributed by atoms with Crippen molar-refractivity contribution in [3.8, 4) is 0 Å². The van der Waals surface area contributed by atoms with Gasteiger partial charge in [-0.05, 0) is 17.5 Å². The Kier molecular flexibility index (Phi) is 3.59. The van der Waals surface area contributed by atoms with Gasteiger partial charge in [0, 0.05) is 18.2 Å². The summed E-state index contributed by atoms with van der Waals surface area (Å²) in [5, 5.41) is 4.99. The second-order valence-electron chi connectivity index (χ2n) is 5.43. The lowest BCUT2D eigenvalue weighted by Gasteiger charge is -2.31. The van der Waals surface area contributed by atoms with Gasteiger partial charge in [-0.1, -0.05) is 23.4 Å². The normalized spacial score (nSPS) is 18.5. The first-order valence-electron chi connectivity index (χ1n) is 7.40. The van der Waals surface area contributed by atoms with Crippen LogP contribution in [0, 0.1) is 6.92 Å². The molecule has 3 heterocycles.